The van der Waals surface area contributed by atoms with Crippen LogP contribution in [-0.4, -0.2) is 11.9 Å². The first-order valence-electron chi connectivity index (χ1n) is 7.60. The predicted octanol–water partition coefficient (Wildman–Crippen LogP) is 2.79. The zero-order valence-corrected chi connectivity index (χ0v) is 12.3. The minimum absolute atomic E-state index is 0.345. The number of rotatable bonds is 3. The zero-order valence-electron chi connectivity index (χ0n) is 12.3. The van der Waals surface area contributed by atoms with Gasteiger partial charge in [-0.05, 0) is 47.6 Å². The molecule has 0 aromatic heterocycles. The van der Waals surface area contributed by atoms with E-state index in [1.54, 1.807) is 24.3 Å². The Morgan fingerprint density at radius 3 is 2.35 bits per heavy atom. The first-order valence-corrected chi connectivity index (χ1v) is 7.60. The molecule has 1 saturated carbocycles. The summed E-state index contributed by atoms with van der Waals surface area (Å²) in [7, 11) is 0. The molecule has 5 heteroatoms. The summed E-state index contributed by atoms with van der Waals surface area (Å²) in [5.74, 6) is -0.535. The van der Waals surface area contributed by atoms with Gasteiger partial charge in [0.15, 0.2) is 5.54 Å². The Kier molecular flexibility index (Phi) is 2.98. The summed E-state index contributed by atoms with van der Waals surface area (Å²) in [6.45, 7) is 0. The fourth-order valence-electron chi connectivity index (χ4n) is 3.20. The van der Waals surface area contributed by atoms with Crippen LogP contribution in [0.4, 0.5) is 9.18 Å². The van der Waals surface area contributed by atoms with Gasteiger partial charge in [0.1, 0.15) is 5.82 Å². The van der Waals surface area contributed by atoms with Crippen molar-refractivity contribution in [2.75, 3.05) is 0 Å². The van der Waals surface area contributed by atoms with Crippen LogP contribution in [-0.2, 0) is 10.3 Å². The van der Waals surface area contributed by atoms with Crippen LogP contribution in [0.25, 0.3) is 0 Å². The van der Waals surface area contributed by atoms with Gasteiger partial charge in [0.05, 0.1) is 0 Å². The average Bonchev–Trinajstić information content (AvgIpc) is 3.33. The van der Waals surface area contributed by atoms with Crippen molar-refractivity contribution in [1.29, 1.82) is 0 Å². The maximum atomic E-state index is 14.1. The zero-order chi connectivity index (χ0) is 16.0. The van der Waals surface area contributed by atoms with Crippen molar-refractivity contribution in [3.63, 3.8) is 0 Å². The number of urea groups is 1. The van der Waals surface area contributed by atoms with E-state index in [1.165, 1.54) is 12.1 Å². The third kappa shape index (κ3) is 2.20. The second-order valence-corrected chi connectivity index (χ2v) is 6.07. The van der Waals surface area contributed by atoms with E-state index in [9.17, 15) is 14.0 Å². The van der Waals surface area contributed by atoms with Crippen molar-refractivity contribution < 1.29 is 14.0 Å². The summed E-state index contributed by atoms with van der Waals surface area (Å²) < 4.78 is 14.1. The number of carbonyl (C=O) groups is 2. The van der Waals surface area contributed by atoms with Crippen LogP contribution in [0.5, 0.6) is 0 Å². The van der Waals surface area contributed by atoms with Crippen LogP contribution in [0.2, 0.25) is 0 Å². The first kappa shape index (κ1) is 13.9. The monoisotopic (exact) mass is 310 g/mol. The van der Waals surface area contributed by atoms with Gasteiger partial charge >= 0.3 is 6.03 Å². The van der Waals surface area contributed by atoms with Crippen LogP contribution < -0.4 is 10.6 Å². The Hall–Kier alpha value is -2.69. The van der Waals surface area contributed by atoms with Gasteiger partial charge in [-0.3, -0.25) is 10.1 Å². The second-order valence-electron chi connectivity index (χ2n) is 6.07. The average molecular weight is 310 g/mol. The van der Waals surface area contributed by atoms with Gasteiger partial charge in [0, 0.05) is 0 Å². The molecule has 0 spiro atoms. The summed E-state index contributed by atoms with van der Waals surface area (Å²) in [5.41, 5.74) is 0.554. The summed E-state index contributed by atoms with van der Waals surface area (Å²) in [6, 6.07) is 13.0. The van der Waals surface area contributed by atoms with E-state index >= 15 is 0 Å². The van der Waals surface area contributed by atoms with Crippen molar-refractivity contribution in [3.8, 4) is 0 Å². The number of benzene rings is 2. The standard InChI is InChI=1S/C18H15FN2O2/c19-15-9-12(11-6-7-11)8-14(10-15)18(13-4-2-1-3-5-13)16(22)20-17(23)21-18/h1-5,8-11H,6-7H2,(H2,20,21,22,23). The van der Waals surface area contributed by atoms with E-state index in [2.05, 4.69) is 10.6 Å². The van der Waals surface area contributed by atoms with E-state index in [1.807, 2.05) is 12.1 Å². The number of carbonyl (C=O) groups excluding carboxylic acids is 2. The molecular weight excluding hydrogens is 295 g/mol. The van der Waals surface area contributed by atoms with Gasteiger partial charge in [0.2, 0.25) is 0 Å². The van der Waals surface area contributed by atoms with E-state index in [0.717, 1.165) is 18.4 Å². The second kappa shape index (κ2) is 4.91. The molecule has 1 aliphatic carbocycles. The molecule has 1 unspecified atom stereocenters. The molecule has 0 bridgehead atoms. The van der Waals surface area contributed by atoms with Gasteiger partial charge in [-0.15, -0.1) is 0 Å². The molecule has 0 radical (unpaired) electrons. The van der Waals surface area contributed by atoms with Crippen LogP contribution in [0, 0.1) is 5.82 Å². The number of amides is 3. The van der Waals surface area contributed by atoms with Gasteiger partial charge < -0.3 is 5.32 Å². The van der Waals surface area contributed by atoms with Gasteiger partial charge in [-0.1, -0.05) is 36.4 Å². The summed E-state index contributed by atoms with van der Waals surface area (Å²) in [6.07, 6.45) is 2.06. The molecule has 2 aromatic rings. The molecule has 116 valence electrons. The predicted molar refractivity (Wildman–Crippen MR) is 82.3 cm³/mol. The van der Waals surface area contributed by atoms with E-state index in [0.29, 0.717) is 17.0 Å². The number of hydrogen-bond donors (Lipinski definition) is 2. The Labute approximate surface area is 132 Å². The lowest BCUT2D eigenvalue weighted by atomic mass is 9.82. The first-order chi connectivity index (χ1) is 11.1. The lowest BCUT2D eigenvalue weighted by Gasteiger charge is -2.27. The fourth-order valence-corrected chi connectivity index (χ4v) is 3.20. The van der Waals surface area contributed by atoms with Crippen LogP contribution in [0.15, 0.2) is 48.5 Å². The summed E-state index contributed by atoms with van der Waals surface area (Å²) >= 11 is 0. The minimum Gasteiger partial charge on any atom is -0.316 e. The normalized spacial score (nSPS) is 23.5. The van der Waals surface area contributed by atoms with Crippen molar-refractivity contribution in [3.05, 3.63) is 71.0 Å². The molecule has 4 nitrogen and oxygen atoms in total. The number of halogens is 1. The fraction of sp³-hybridized carbons (Fsp3) is 0.222. The molecular formula is C18H15FN2O2. The molecule has 4 rings (SSSR count). The highest BCUT2D eigenvalue weighted by molar-refractivity contribution is 6.09. The minimum atomic E-state index is -1.38. The molecule has 1 aliphatic heterocycles. The molecule has 1 heterocycles. The third-order valence-corrected chi connectivity index (χ3v) is 4.48. The summed E-state index contributed by atoms with van der Waals surface area (Å²) in [4.78, 5) is 24.4. The van der Waals surface area contributed by atoms with Crippen molar-refractivity contribution >= 4 is 11.9 Å². The van der Waals surface area contributed by atoms with Crippen molar-refractivity contribution in [1.82, 2.24) is 10.6 Å². The molecule has 3 amide bonds. The number of hydrogen-bond acceptors (Lipinski definition) is 2. The highest BCUT2D eigenvalue weighted by Gasteiger charge is 2.49. The van der Waals surface area contributed by atoms with Gasteiger partial charge in [0.25, 0.3) is 5.91 Å². The third-order valence-electron chi connectivity index (χ3n) is 4.48. The Balaban J connectivity index is 1.93. The lowest BCUT2D eigenvalue weighted by molar-refractivity contribution is -0.122. The smallest absolute Gasteiger partial charge is 0.316 e. The molecule has 1 atom stereocenters. The van der Waals surface area contributed by atoms with E-state index in [4.69, 9.17) is 0 Å². The Bertz CT molecular complexity index is 802. The van der Waals surface area contributed by atoms with Gasteiger partial charge in [-0.2, -0.15) is 0 Å². The Morgan fingerprint density at radius 1 is 1.00 bits per heavy atom. The highest BCUT2D eigenvalue weighted by atomic mass is 19.1. The van der Waals surface area contributed by atoms with Crippen molar-refractivity contribution in [2.24, 2.45) is 0 Å². The molecule has 2 aliphatic rings. The molecule has 2 aromatic carbocycles. The molecule has 1 saturated heterocycles. The lowest BCUT2D eigenvalue weighted by Crippen LogP contribution is -2.45. The highest BCUT2D eigenvalue weighted by Crippen LogP contribution is 2.42. The maximum absolute atomic E-state index is 14.1. The summed E-state index contributed by atoms with van der Waals surface area (Å²) in [5, 5.41) is 4.97. The maximum Gasteiger partial charge on any atom is 0.322 e. The van der Waals surface area contributed by atoms with E-state index < -0.39 is 23.3 Å². The molecule has 23 heavy (non-hydrogen) atoms. The van der Waals surface area contributed by atoms with Crippen LogP contribution in [0.1, 0.15) is 35.4 Å². The number of imide groups is 1. The number of nitrogens with one attached hydrogen (secondary N) is 2. The molecule has 2 N–H and O–H groups in total. The topological polar surface area (TPSA) is 58.2 Å². The Morgan fingerprint density at radius 2 is 1.74 bits per heavy atom. The van der Waals surface area contributed by atoms with Crippen LogP contribution >= 0.6 is 0 Å². The molecule has 2 fully saturated rings. The van der Waals surface area contributed by atoms with E-state index in [-0.39, 0.29) is 0 Å². The van der Waals surface area contributed by atoms with Crippen molar-refractivity contribution in [2.45, 2.75) is 24.3 Å². The largest absolute Gasteiger partial charge is 0.322 e. The van der Waals surface area contributed by atoms with Crippen LogP contribution in [0.3, 0.4) is 0 Å². The SMILES string of the molecule is O=C1NC(=O)C(c2ccccc2)(c2cc(F)cc(C3CC3)c2)N1. The quantitative estimate of drug-likeness (QED) is 0.857. The van der Waals surface area contributed by atoms with Gasteiger partial charge in [-0.25, -0.2) is 9.18 Å².